The van der Waals surface area contributed by atoms with Gasteiger partial charge in [0.1, 0.15) is 0 Å². The Kier molecular flexibility index (Phi) is 11.6. The molecule has 3 N–H and O–H groups in total. The first kappa shape index (κ1) is 43.6. The van der Waals surface area contributed by atoms with Crippen LogP contribution in [0.15, 0.2) is 53.8 Å². The normalized spacial score (nSPS) is 39.5. The predicted molar refractivity (Wildman–Crippen MR) is 235 cm³/mol. The van der Waals surface area contributed by atoms with Crippen molar-refractivity contribution >= 4 is 21.8 Å². The Morgan fingerprint density at radius 3 is 2.33 bits per heavy atom. The molecule has 0 amide bonds. The predicted octanol–water partition coefficient (Wildman–Crippen LogP) is 8.61. The molecule has 2 unspecified atom stereocenters. The number of aromatic nitrogens is 1. The number of sulfone groups is 1. The van der Waals surface area contributed by atoms with E-state index in [0.29, 0.717) is 73.3 Å². The molecule has 10 atom stereocenters. The van der Waals surface area contributed by atoms with Crippen LogP contribution in [0.25, 0.3) is 0 Å². The highest BCUT2D eigenvalue weighted by Gasteiger charge is 2.66. The van der Waals surface area contributed by atoms with Gasteiger partial charge in [0, 0.05) is 44.0 Å². The van der Waals surface area contributed by atoms with Crippen LogP contribution in [0.5, 0.6) is 5.88 Å². The highest BCUT2D eigenvalue weighted by molar-refractivity contribution is 7.91. The second-order valence-corrected chi connectivity index (χ2v) is 23.8. The molecule has 11 heteroatoms. The Bertz CT molecular complexity index is 2030. The number of pyridine rings is 1. The Hall–Kier alpha value is -3.02. The molecule has 6 aliphatic carbocycles. The Labute approximate surface area is 359 Å². The van der Waals surface area contributed by atoms with Crippen LogP contribution < -0.4 is 10.1 Å². The van der Waals surface area contributed by atoms with Crippen LogP contribution in [0.4, 0.5) is 0 Å². The van der Waals surface area contributed by atoms with Gasteiger partial charge in [0.25, 0.3) is 0 Å². The van der Waals surface area contributed by atoms with Crippen molar-refractivity contribution in [2.45, 2.75) is 124 Å². The van der Waals surface area contributed by atoms with Gasteiger partial charge in [-0.15, -0.1) is 0 Å². The summed E-state index contributed by atoms with van der Waals surface area (Å²) >= 11 is 0. The van der Waals surface area contributed by atoms with Crippen LogP contribution in [0, 0.1) is 57.2 Å². The largest absolute Gasteiger partial charge is 0.481 e. The third-order valence-electron chi connectivity index (χ3n) is 18.4. The molecule has 330 valence electrons. The van der Waals surface area contributed by atoms with Gasteiger partial charge in [-0.3, -0.25) is 4.79 Å². The maximum absolute atomic E-state index is 12.8. The molecule has 0 aromatic carbocycles. The third kappa shape index (κ3) is 7.52. The minimum Gasteiger partial charge on any atom is -0.481 e. The molecule has 7 aliphatic rings. The van der Waals surface area contributed by atoms with Gasteiger partial charge in [-0.05, 0) is 159 Å². The van der Waals surface area contributed by atoms with E-state index in [1.807, 2.05) is 0 Å². The molecule has 5 fully saturated rings. The van der Waals surface area contributed by atoms with Crippen LogP contribution >= 0.6 is 0 Å². The molecular weight excluding hydrogens is 775 g/mol. The van der Waals surface area contributed by atoms with Crippen LogP contribution in [-0.4, -0.2) is 90.3 Å². The summed E-state index contributed by atoms with van der Waals surface area (Å²) in [5, 5.41) is 24.0. The Morgan fingerprint density at radius 2 is 1.65 bits per heavy atom. The number of nitrogens with one attached hydrogen (secondary N) is 1. The number of hydrogen-bond acceptors (Lipinski definition) is 8. The Morgan fingerprint density at radius 1 is 0.933 bits per heavy atom. The van der Waals surface area contributed by atoms with E-state index < -0.39 is 27.2 Å². The first-order valence-electron chi connectivity index (χ1n) is 23.1. The van der Waals surface area contributed by atoms with Gasteiger partial charge >= 0.3 is 11.9 Å². The minimum absolute atomic E-state index is 0.0185. The number of ether oxygens (including phenoxy) is 1. The van der Waals surface area contributed by atoms with Crippen molar-refractivity contribution in [3.05, 3.63) is 59.3 Å². The van der Waals surface area contributed by atoms with Gasteiger partial charge in [0.2, 0.25) is 5.88 Å². The van der Waals surface area contributed by atoms with E-state index >= 15 is 0 Å². The molecular formula is C49H71N3O7S. The van der Waals surface area contributed by atoms with Crippen molar-refractivity contribution < 1.29 is 33.0 Å². The molecule has 0 spiro atoms. The number of aliphatic carboxylic acids is 1. The SMILES string of the molecule is C=C(C)[C@@H]1CC[C@]2(NCCN3CCS(=O)(=O)CC3)CC[C@@]3(C)C4CC[C@H]5C(C)(C)C(C6=CCC(CCOc7cc(C(=O)O)ccn7)(C(=O)O)CC6)=CC[C@]5(C)[C@H]4CC[C@@H]3[C@@H]12. The fourth-order valence-corrected chi connectivity index (χ4v) is 16.4. The summed E-state index contributed by atoms with van der Waals surface area (Å²) in [6.45, 7) is 20.4. The van der Waals surface area contributed by atoms with E-state index in [1.54, 1.807) is 0 Å². The number of carboxylic acid groups (broad SMARTS) is 2. The summed E-state index contributed by atoms with van der Waals surface area (Å²) in [6, 6.07) is 2.79. The molecule has 1 saturated heterocycles. The number of carboxylic acids is 2. The van der Waals surface area contributed by atoms with Crippen LogP contribution in [-0.2, 0) is 14.6 Å². The van der Waals surface area contributed by atoms with Crippen molar-refractivity contribution in [1.29, 1.82) is 0 Å². The molecule has 60 heavy (non-hydrogen) atoms. The number of nitrogens with zero attached hydrogens (tertiary/aromatic N) is 2. The number of fused-ring (bicyclic) bond motifs is 7. The maximum Gasteiger partial charge on any atom is 0.335 e. The topological polar surface area (TPSA) is 146 Å². The number of rotatable bonds is 12. The number of aromatic carboxylic acids is 1. The molecule has 10 nitrogen and oxygen atoms in total. The number of carbonyl (C=O) groups is 2. The van der Waals surface area contributed by atoms with Gasteiger partial charge in [-0.2, -0.15) is 0 Å². The zero-order valence-corrected chi connectivity index (χ0v) is 37.8. The summed E-state index contributed by atoms with van der Waals surface area (Å²) in [7, 11) is -2.88. The first-order valence-corrected chi connectivity index (χ1v) is 25.0. The average molecular weight is 846 g/mol. The summed E-state index contributed by atoms with van der Waals surface area (Å²) < 4.78 is 29.9. The van der Waals surface area contributed by atoms with Gasteiger partial charge in [-0.25, -0.2) is 18.2 Å². The van der Waals surface area contributed by atoms with Crippen molar-refractivity contribution in [3.8, 4) is 5.88 Å². The fourth-order valence-electron chi connectivity index (χ4n) is 15.2. The summed E-state index contributed by atoms with van der Waals surface area (Å²) in [5.41, 5.74) is 3.90. The van der Waals surface area contributed by atoms with Crippen molar-refractivity contribution in [1.82, 2.24) is 15.2 Å². The van der Waals surface area contributed by atoms with E-state index in [4.69, 9.17) is 4.74 Å². The van der Waals surface area contributed by atoms with Crippen LogP contribution in [0.1, 0.15) is 128 Å². The lowest BCUT2D eigenvalue weighted by Crippen LogP contribution is -2.65. The summed E-state index contributed by atoms with van der Waals surface area (Å²) in [4.78, 5) is 30.7. The van der Waals surface area contributed by atoms with E-state index in [0.717, 1.165) is 25.9 Å². The lowest BCUT2D eigenvalue weighted by atomic mass is 9.37. The minimum atomic E-state index is -2.88. The van der Waals surface area contributed by atoms with E-state index in [1.165, 1.54) is 86.4 Å². The number of allylic oxidation sites excluding steroid dienone is 5. The van der Waals surface area contributed by atoms with E-state index in [-0.39, 0.29) is 45.9 Å². The van der Waals surface area contributed by atoms with Gasteiger partial charge in [-0.1, -0.05) is 52.0 Å². The second kappa shape index (κ2) is 16.0. The molecule has 2 heterocycles. The summed E-state index contributed by atoms with van der Waals surface area (Å²) in [6.07, 6.45) is 19.3. The van der Waals surface area contributed by atoms with E-state index in [2.05, 4.69) is 68.6 Å². The number of hydrogen-bond donors (Lipinski definition) is 3. The molecule has 1 aromatic heterocycles. The third-order valence-corrected chi connectivity index (χ3v) is 20.0. The van der Waals surface area contributed by atoms with Crippen molar-refractivity contribution in [2.75, 3.05) is 44.3 Å². The van der Waals surface area contributed by atoms with Crippen LogP contribution in [0.2, 0.25) is 0 Å². The summed E-state index contributed by atoms with van der Waals surface area (Å²) in [5.74, 6) is 2.67. The second-order valence-electron chi connectivity index (χ2n) is 21.5. The monoisotopic (exact) mass is 846 g/mol. The molecule has 4 saturated carbocycles. The average Bonchev–Trinajstić information content (AvgIpc) is 3.59. The Balaban J connectivity index is 0.962. The fraction of sp³-hybridized carbons (Fsp3) is 0.735. The molecule has 0 radical (unpaired) electrons. The standard InChI is InChI=1S/C49H71N3O7S/c1-32(2)35-13-19-49(51-24-25-52-26-29-60(57,58)30-27-52)21-20-46(5)37-9-10-40-45(3,4)36(14-16-47(40,6)38(37)7-8-39(46)42(35)49)33-11-17-48(18-12-33,44(55)56)22-28-59-41-31-34(43(53)54)15-23-50-41/h11,14-15,23,31,35,37-40,42,51H,1,7-10,12-13,16-22,24-30H2,2-6H3,(H,53,54)(H,55,56)/t35-,37?,38-,39+,40-,42+,46-,47+,48?,49-/m0/s1. The quantitative estimate of drug-likeness (QED) is 0.175. The zero-order valence-electron chi connectivity index (χ0n) is 36.9. The van der Waals surface area contributed by atoms with E-state index in [9.17, 15) is 28.2 Å². The highest BCUT2D eigenvalue weighted by atomic mass is 32.2. The molecule has 8 rings (SSSR count). The lowest BCUT2D eigenvalue weighted by molar-refractivity contribution is -0.170. The lowest BCUT2D eigenvalue weighted by Gasteiger charge is -2.68. The molecule has 0 bridgehead atoms. The van der Waals surface area contributed by atoms with Crippen LogP contribution in [0.3, 0.4) is 0 Å². The highest BCUT2D eigenvalue weighted by Crippen LogP contribution is 2.72. The van der Waals surface area contributed by atoms with Gasteiger partial charge in [0.15, 0.2) is 9.84 Å². The molecule has 1 aromatic rings. The van der Waals surface area contributed by atoms with Crippen molar-refractivity contribution in [2.24, 2.45) is 57.2 Å². The van der Waals surface area contributed by atoms with Gasteiger partial charge in [0.05, 0.1) is 29.1 Å². The van der Waals surface area contributed by atoms with Crippen molar-refractivity contribution in [3.63, 3.8) is 0 Å². The maximum atomic E-state index is 12.8. The smallest absolute Gasteiger partial charge is 0.335 e. The zero-order chi connectivity index (χ0) is 42.9. The molecule has 1 aliphatic heterocycles. The van der Waals surface area contributed by atoms with Gasteiger partial charge < -0.3 is 25.2 Å². The first-order chi connectivity index (χ1) is 28.3.